The molecule has 1 rings (SSSR count). The van der Waals surface area contributed by atoms with Gasteiger partial charge in [0, 0.05) is 20.3 Å². The fourth-order valence-electron chi connectivity index (χ4n) is 2.00. The van der Waals surface area contributed by atoms with Gasteiger partial charge in [-0.15, -0.1) is 0 Å². The zero-order chi connectivity index (χ0) is 12.2. The SMILES string of the molecule is COCCC1CCN(OC(C)(C)C)C(O)C1. The molecule has 2 unspecified atom stereocenters. The lowest BCUT2D eigenvalue weighted by Crippen LogP contribution is -2.46. The summed E-state index contributed by atoms with van der Waals surface area (Å²) in [7, 11) is 1.72. The van der Waals surface area contributed by atoms with Crippen LogP contribution in [0, 0.1) is 5.92 Å². The van der Waals surface area contributed by atoms with Crippen molar-refractivity contribution in [2.75, 3.05) is 20.3 Å². The van der Waals surface area contributed by atoms with Gasteiger partial charge >= 0.3 is 0 Å². The van der Waals surface area contributed by atoms with E-state index in [9.17, 15) is 5.11 Å². The van der Waals surface area contributed by atoms with Crippen LogP contribution in [0.5, 0.6) is 0 Å². The van der Waals surface area contributed by atoms with Crippen LogP contribution in [0.25, 0.3) is 0 Å². The van der Waals surface area contributed by atoms with Crippen molar-refractivity contribution in [2.24, 2.45) is 5.92 Å². The van der Waals surface area contributed by atoms with Gasteiger partial charge < -0.3 is 9.84 Å². The molecule has 4 heteroatoms. The van der Waals surface area contributed by atoms with Gasteiger partial charge in [0.1, 0.15) is 6.23 Å². The van der Waals surface area contributed by atoms with E-state index < -0.39 is 6.23 Å². The molecule has 4 nitrogen and oxygen atoms in total. The van der Waals surface area contributed by atoms with E-state index in [0.29, 0.717) is 5.92 Å². The number of hydrogen-bond donors (Lipinski definition) is 1. The Morgan fingerprint density at radius 1 is 1.38 bits per heavy atom. The molecule has 0 radical (unpaired) electrons. The fraction of sp³-hybridized carbons (Fsp3) is 1.00. The third-order valence-corrected chi connectivity index (χ3v) is 2.76. The molecule has 96 valence electrons. The standard InChI is InChI=1S/C12H25NO3/c1-12(2,3)16-13-7-5-10(6-8-15-4)9-11(13)14/h10-11,14H,5-9H2,1-4H3. The van der Waals surface area contributed by atoms with Crippen molar-refractivity contribution in [1.29, 1.82) is 0 Å². The highest BCUT2D eigenvalue weighted by Crippen LogP contribution is 2.26. The maximum absolute atomic E-state index is 9.96. The second-order valence-corrected chi connectivity index (χ2v) is 5.50. The van der Waals surface area contributed by atoms with Gasteiger partial charge in [-0.3, -0.25) is 4.84 Å². The van der Waals surface area contributed by atoms with Gasteiger partial charge in [-0.1, -0.05) is 0 Å². The van der Waals surface area contributed by atoms with E-state index in [0.717, 1.165) is 32.4 Å². The summed E-state index contributed by atoms with van der Waals surface area (Å²) >= 11 is 0. The van der Waals surface area contributed by atoms with Gasteiger partial charge in [-0.05, 0) is 46.0 Å². The first-order valence-corrected chi connectivity index (χ1v) is 6.05. The first-order valence-electron chi connectivity index (χ1n) is 6.05. The Balaban J connectivity index is 2.34. The lowest BCUT2D eigenvalue weighted by atomic mass is 9.94. The third kappa shape index (κ3) is 4.78. The minimum Gasteiger partial charge on any atom is -0.385 e. The summed E-state index contributed by atoms with van der Waals surface area (Å²) in [6.07, 6.45) is 2.39. The fourth-order valence-corrected chi connectivity index (χ4v) is 2.00. The van der Waals surface area contributed by atoms with Crippen LogP contribution in [0.3, 0.4) is 0 Å². The van der Waals surface area contributed by atoms with E-state index in [1.165, 1.54) is 0 Å². The van der Waals surface area contributed by atoms with Crippen molar-refractivity contribution in [3.8, 4) is 0 Å². The van der Waals surface area contributed by atoms with Crippen molar-refractivity contribution in [1.82, 2.24) is 5.06 Å². The predicted octanol–water partition coefficient (Wildman–Crippen LogP) is 1.78. The van der Waals surface area contributed by atoms with E-state index in [4.69, 9.17) is 9.57 Å². The Morgan fingerprint density at radius 3 is 2.56 bits per heavy atom. The highest BCUT2D eigenvalue weighted by Gasteiger charge is 2.30. The summed E-state index contributed by atoms with van der Waals surface area (Å²) in [5.74, 6) is 0.551. The normalized spacial score (nSPS) is 28.3. The van der Waals surface area contributed by atoms with Gasteiger partial charge in [0.05, 0.1) is 5.60 Å². The molecule has 0 aromatic carbocycles. The average Bonchev–Trinajstić information content (AvgIpc) is 2.17. The van der Waals surface area contributed by atoms with Crippen LogP contribution < -0.4 is 0 Å². The van der Waals surface area contributed by atoms with Crippen molar-refractivity contribution in [2.45, 2.75) is 51.9 Å². The molecule has 1 heterocycles. The molecular weight excluding hydrogens is 206 g/mol. The van der Waals surface area contributed by atoms with Crippen molar-refractivity contribution in [3.63, 3.8) is 0 Å². The second-order valence-electron chi connectivity index (χ2n) is 5.50. The monoisotopic (exact) mass is 231 g/mol. The summed E-state index contributed by atoms with van der Waals surface area (Å²) in [4.78, 5) is 5.70. The van der Waals surface area contributed by atoms with E-state index in [1.807, 2.05) is 20.8 Å². The summed E-state index contributed by atoms with van der Waals surface area (Å²) in [5.41, 5.74) is -0.236. The predicted molar refractivity (Wildman–Crippen MR) is 62.8 cm³/mol. The molecule has 0 saturated carbocycles. The van der Waals surface area contributed by atoms with Crippen LogP contribution in [0.15, 0.2) is 0 Å². The van der Waals surface area contributed by atoms with E-state index in [2.05, 4.69) is 0 Å². The lowest BCUT2D eigenvalue weighted by Gasteiger charge is -2.39. The first-order chi connectivity index (χ1) is 7.42. The molecule has 1 N–H and O–H groups in total. The van der Waals surface area contributed by atoms with Crippen LogP contribution in [-0.4, -0.2) is 42.3 Å². The molecule has 0 amide bonds. The highest BCUT2D eigenvalue weighted by atomic mass is 16.7. The number of hydrogen-bond acceptors (Lipinski definition) is 4. The smallest absolute Gasteiger partial charge is 0.130 e. The summed E-state index contributed by atoms with van der Waals surface area (Å²) in [6, 6.07) is 0. The molecule has 0 aromatic rings. The summed E-state index contributed by atoms with van der Waals surface area (Å²) < 4.78 is 5.06. The van der Waals surface area contributed by atoms with Crippen LogP contribution in [0.1, 0.15) is 40.0 Å². The third-order valence-electron chi connectivity index (χ3n) is 2.76. The van der Waals surface area contributed by atoms with Gasteiger partial charge in [0.2, 0.25) is 0 Å². The molecule has 0 spiro atoms. The van der Waals surface area contributed by atoms with Crippen molar-refractivity contribution in [3.05, 3.63) is 0 Å². The number of nitrogens with zero attached hydrogens (tertiary/aromatic N) is 1. The van der Waals surface area contributed by atoms with Crippen LogP contribution in [0.2, 0.25) is 0 Å². The number of ether oxygens (including phenoxy) is 1. The quantitative estimate of drug-likeness (QED) is 0.801. The Labute approximate surface area is 98.5 Å². The van der Waals surface area contributed by atoms with Gasteiger partial charge in [-0.2, -0.15) is 5.06 Å². The summed E-state index contributed by atoms with van der Waals surface area (Å²) in [5, 5.41) is 11.7. The second kappa shape index (κ2) is 5.96. The number of rotatable bonds is 4. The first kappa shape index (κ1) is 13.9. The zero-order valence-electron chi connectivity index (χ0n) is 10.9. The number of methoxy groups -OCH3 is 1. The zero-order valence-corrected chi connectivity index (χ0v) is 10.9. The van der Waals surface area contributed by atoms with E-state index in [1.54, 1.807) is 12.2 Å². The van der Waals surface area contributed by atoms with Crippen LogP contribution in [-0.2, 0) is 9.57 Å². The van der Waals surface area contributed by atoms with Gasteiger partial charge in [0.25, 0.3) is 0 Å². The number of hydroxylamine groups is 2. The topological polar surface area (TPSA) is 41.9 Å². The number of aliphatic hydroxyl groups is 1. The Hall–Kier alpha value is -0.160. The molecule has 1 fully saturated rings. The molecular formula is C12H25NO3. The molecule has 0 aliphatic carbocycles. The van der Waals surface area contributed by atoms with Crippen LogP contribution in [0.4, 0.5) is 0 Å². The number of piperidine rings is 1. The van der Waals surface area contributed by atoms with Crippen molar-refractivity contribution >= 4 is 0 Å². The molecule has 16 heavy (non-hydrogen) atoms. The Bertz CT molecular complexity index is 203. The highest BCUT2D eigenvalue weighted by molar-refractivity contribution is 4.72. The number of aliphatic hydroxyl groups excluding tert-OH is 1. The molecule has 1 aliphatic rings. The molecule has 0 aromatic heterocycles. The maximum atomic E-state index is 9.96. The largest absolute Gasteiger partial charge is 0.385 e. The lowest BCUT2D eigenvalue weighted by molar-refractivity contribution is -0.302. The maximum Gasteiger partial charge on any atom is 0.130 e. The molecule has 1 aliphatic heterocycles. The van der Waals surface area contributed by atoms with E-state index in [-0.39, 0.29) is 5.60 Å². The Kier molecular flexibility index (Phi) is 5.18. The van der Waals surface area contributed by atoms with Gasteiger partial charge in [-0.25, -0.2) is 0 Å². The summed E-state index contributed by atoms with van der Waals surface area (Å²) in [6.45, 7) is 7.56. The van der Waals surface area contributed by atoms with Crippen molar-refractivity contribution < 1.29 is 14.7 Å². The minimum absolute atomic E-state index is 0.236. The molecule has 2 atom stereocenters. The average molecular weight is 231 g/mol. The van der Waals surface area contributed by atoms with Gasteiger partial charge in [0.15, 0.2) is 0 Å². The van der Waals surface area contributed by atoms with E-state index >= 15 is 0 Å². The van der Waals surface area contributed by atoms with Crippen LogP contribution >= 0.6 is 0 Å². The molecule has 0 bridgehead atoms. The minimum atomic E-state index is -0.477. The molecule has 1 saturated heterocycles. The Morgan fingerprint density at radius 2 is 2.06 bits per heavy atom.